The minimum absolute atomic E-state index is 0.137. The van der Waals surface area contributed by atoms with Gasteiger partial charge in [-0.25, -0.2) is 0 Å². The van der Waals surface area contributed by atoms with Crippen molar-refractivity contribution >= 4 is 11.6 Å². The zero-order chi connectivity index (χ0) is 18.6. The van der Waals surface area contributed by atoms with Crippen LogP contribution in [-0.2, 0) is 5.60 Å². The molecule has 8 heteroatoms. The maximum Gasteiger partial charge on any atom is 0.282 e. The molecule has 25 heavy (non-hydrogen) atoms. The lowest BCUT2D eigenvalue weighted by Gasteiger charge is -2.21. The molecule has 8 nitrogen and oxygen atoms in total. The highest BCUT2D eigenvalue weighted by atomic mass is 16.6. The summed E-state index contributed by atoms with van der Waals surface area (Å²) in [6, 6.07) is 7.26. The minimum Gasteiger partial charge on any atom is -0.494 e. The molecule has 0 saturated carbocycles. The lowest BCUT2D eigenvalue weighted by Crippen LogP contribution is -2.38. The zero-order valence-electron chi connectivity index (χ0n) is 14.2. The van der Waals surface area contributed by atoms with Gasteiger partial charge in [0.15, 0.2) is 0 Å². The average molecular weight is 348 g/mol. The second kappa shape index (κ2) is 7.35. The lowest BCUT2D eigenvalue weighted by atomic mass is 10.0. The van der Waals surface area contributed by atoms with E-state index in [1.807, 2.05) is 0 Å². The maximum absolute atomic E-state index is 12.4. The van der Waals surface area contributed by atoms with Crippen molar-refractivity contribution in [1.82, 2.24) is 5.32 Å². The number of nitro groups is 1. The van der Waals surface area contributed by atoms with Crippen LogP contribution < -0.4 is 10.1 Å². The number of hydrogen-bond donors (Lipinski definition) is 2. The highest BCUT2D eigenvalue weighted by molar-refractivity contribution is 5.98. The molecule has 0 aliphatic heterocycles. The number of furan rings is 1. The maximum atomic E-state index is 12.4. The molecule has 2 rings (SSSR count). The van der Waals surface area contributed by atoms with Crippen LogP contribution >= 0.6 is 0 Å². The van der Waals surface area contributed by atoms with Gasteiger partial charge in [-0.05, 0) is 45.0 Å². The Hall–Kier alpha value is -2.87. The van der Waals surface area contributed by atoms with Crippen LogP contribution in [0.15, 0.2) is 34.7 Å². The fraction of sp³-hybridized carbons (Fsp3) is 0.353. The Morgan fingerprint density at radius 3 is 2.68 bits per heavy atom. The Morgan fingerprint density at radius 1 is 1.40 bits per heavy atom. The van der Waals surface area contributed by atoms with E-state index in [4.69, 9.17) is 9.15 Å². The monoisotopic (exact) mass is 348 g/mol. The smallest absolute Gasteiger partial charge is 0.282 e. The number of carbonyl (C=O) groups excluding carboxylic acids is 1. The van der Waals surface area contributed by atoms with Crippen molar-refractivity contribution in [2.24, 2.45) is 0 Å². The number of nitrogens with one attached hydrogen (secondary N) is 1. The summed E-state index contributed by atoms with van der Waals surface area (Å²) in [5.41, 5.74) is -1.92. The van der Waals surface area contributed by atoms with Gasteiger partial charge in [-0.15, -0.1) is 0 Å². The number of amides is 1. The van der Waals surface area contributed by atoms with Crippen molar-refractivity contribution in [1.29, 1.82) is 0 Å². The van der Waals surface area contributed by atoms with E-state index in [0.717, 1.165) is 0 Å². The standard InChI is InChI=1S/C17H20N2O6/c1-4-24-12-6-7-14(19(22)23)13(9-12)16(20)18-10-17(3,21)15-8-5-11(2)25-15/h5-9,21H,4,10H2,1-3H3,(H,18,20)/t17-/m0/s1. The van der Waals surface area contributed by atoms with Gasteiger partial charge in [-0.3, -0.25) is 14.9 Å². The highest BCUT2D eigenvalue weighted by Gasteiger charge is 2.29. The Balaban J connectivity index is 2.19. The molecular weight excluding hydrogens is 328 g/mol. The van der Waals surface area contributed by atoms with E-state index >= 15 is 0 Å². The molecule has 0 unspecified atom stereocenters. The van der Waals surface area contributed by atoms with Crippen LogP contribution in [0, 0.1) is 17.0 Å². The van der Waals surface area contributed by atoms with Gasteiger partial charge in [0.05, 0.1) is 18.1 Å². The van der Waals surface area contributed by atoms with E-state index in [9.17, 15) is 20.0 Å². The van der Waals surface area contributed by atoms with Crippen molar-refractivity contribution in [3.8, 4) is 5.75 Å². The molecule has 1 aromatic carbocycles. The SMILES string of the molecule is CCOc1ccc([N+](=O)[O-])c(C(=O)NC[C@](C)(O)c2ccc(C)o2)c1. The van der Waals surface area contributed by atoms with Crippen molar-refractivity contribution in [3.63, 3.8) is 0 Å². The third-order valence-electron chi connectivity index (χ3n) is 3.58. The number of hydrogen-bond acceptors (Lipinski definition) is 6. The second-order valence-electron chi connectivity index (χ2n) is 5.74. The highest BCUT2D eigenvalue weighted by Crippen LogP contribution is 2.25. The van der Waals surface area contributed by atoms with Gasteiger partial charge in [-0.2, -0.15) is 0 Å². The van der Waals surface area contributed by atoms with E-state index in [0.29, 0.717) is 23.9 Å². The fourth-order valence-corrected chi connectivity index (χ4v) is 2.27. The number of carbonyl (C=O) groups is 1. The molecule has 0 spiro atoms. The molecule has 0 saturated heterocycles. The quantitative estimate of drug-likeness (QED) is 0.587. The molecule has 0 radical (unpaired) electrons. The molecule has 0 bridgehead atoms. The third-order valence-corrected chi connectivity index (χ3v) is 3.58. The van der Waals surface area contributed by atoms with Crippen LogP contribution in [0.3, 0.4) is 0 Å². The van der Waals surface area contributed by atoms with Crippen molar-refractivity contribution in [2.75, 3.05) is 13.2 Å². The molecule has 0 fully saturated rings. The van der Waals surface area contributed by atoms with Gasteiger partial charge in [0.1, 0.15) is 28.4 Å². The summed E-state index contributed by atoms with van der Waals surface area (Å²) in [7, 11) is 0. The predicted octanol–water partition coefficient (Wildman–Crippen LogP) is 2.53. The second-order valence-corrected chi connectivity index (χ2v) is 5.74. The molecule has 0 aliphatic rings. The first-order valence-electron chi connectivity index (χ1n) is 7.73. The first-order valence-corrected chi connectivity index (χ1v) is 7.73. The molecule has 1 heterocycles. The van der Waals surface area contributed by atoms with Crippen LogP contribution in [0.25, 0.3) is 0 Å². The minimum atomic E-state index is -1.45. The number of nitrogens with zero attached hydrogens (tertiary/aromatic N) is 1. The molecule has 1 amide bonds. The van der Waals surface area contributed by atoms with E-state index < -0.39 is 16.4 Å². The normalized spacial score (nSPS) is 13.1. The number of aliphatic hydroxyl groups is 1. The molecule has 134 valence electrons. The van der Waals surface area contributed by atoms with E-state index in [-0.39, 0.29) is 17.8 Å². The van der Waals surface area contributed by atoms with Crippen molar-refractivity contribution in [3.05, 3.63) is 57.5 Å². The Morgan fingerprint density at radius 2 is 2.12 bits per heavy atom. The summed E-state index contributed by atoms with van der Waals surface area (Å²) < 4.78 is 10.7. The van der Waals surface area contributed by atoms with Crippen LogP contribution in [0.2, 0.25) is 0 Å². The molecule has 0 aliphatic carbocycles. The summed E-state index contributed by atoms with van der Waals surface area (Å²) in [5.74, 6) is 0.591. The third kappa shape index (κ3) is 4.36. The van der Waals surface area contributed by atoms with Gasteiger partial charge in [-0.1, -0.05) is 0 Å². The number of nitro benzene ring substituents is 1. The predicted molar refractivity (Wildman–Crippen MR) is 89.6 cm³/mol. The average Bonchev–Trinajstić information content (AvgIpc) is 3.00. The Kier molecular flexibility index (Phi) is 5.43. The summed E-state index contributed by atoms with van der Waals surface area (Å²) in [4.78, 5) is 22.9. The van der Waals surface area contributed by atoms with Gasteiger partial charge in [0.25, 0.3) is 11.6 Å². The van der Waals surface area contributed by atoms with E-state index in [2.05, 4.69) is 5.32 Å². The molecule has 1 aromatic heterocycles. The van der Waals surface area contributed by atoms with Gasteiger partial charge >= 0.3 is 0 Å². The van der Waals surface area contributed by atoms with Gasteiger partial charge < -0.3 is 19.6 Å². The summed E-state index contributed by atoms with van der Waals surface area (Å²) in [6.07, 6.45) is 0. The Bertz CT molecular complexity index is 781. The van der Waals surface area contributed by atoms with Crippen molar-refractivity contribution < 1.29 is 24.0 Å². The molecule has 2 N–H and O–H groups in total. The number of aryl methyl sites for hydroxylation is 1. The summed E-state index contributed by atoms with van der Waals surface area (Å²) >= 11 is 0. The fourth-order valence-electron chi connectivity index (χ4n) is 2.27. The largest absolute Gasteiger partial charge is 0.494 e. The lowest BCUT2D eigenvalue weighted by molar-refractivity contribution is -0.385. The van der Waals surface area contributed by atoms with Crippen LogP contribution in [0.4, 0.5) is 5.69 Å². The molecular formula is C17H20N2O6. The summed E-state index contributed by atoms with van der Waals surface area (Å²) in [6.45, 7) is 5.18. The Labute approximate surface area is 144 Å². The number of benzene rings is 1. The molecule has 1 atom stereocenters. The topological polar surface area (TPSA) is 115 Å². The van der Waals surface area contributed by atoms with E-state index in [1.54, 1.807) is 26.0 Å². The van der Waals surface area contributed by atoms with Gasteiger partial charge in [0, 0.05) is 6.07 Å². The van der Waals surface area contributed by atoms with Crippen molar-refractivity contribution in [2.45, 2.75) is 26.4 Å². The first kappa shape index (κ1) is 18.5. The summed E-state index contributed by atoms with van der Waals surface area (Å²) in [5, 5.41) is 24.1. The van der Waals surface area contributed by atoms with Crippen LogP contribution in [0.5, 0.6) is 5.75 Å². The molecule has 2 aromatic rings. The zero-order valence-corrected chi connectivity index (χ0v) is 14.2. The number of ether oxygens (including phenoxy) is 1. The van der Waals surface area contributed by atoms with Gasteiger partial charge in [0.2, 0.25) is 0 Å². The van der Waals surface area contributed by atoms with E-state index in [1.165, 1.54) is 25.1 Å². The first-order chi connectivity index (χ1) is 11.7. The number of rotatable bonds is 7. The van der Waals surface area contributed by atoms with Crippen LogP contribution in [0.1, 0.15) is 35.7 Å². The van der Waals surface area contributed by atoms with Crippen LogP contribution in [-0.4, -0.2) is 29.1 Å².